The highest BCUT2D eigenvalue weighted by atomic mass is 35.5. The van der Waals surface area contributed by atoms with E-state index < -0.39 is 10.0 Å². The molecule has 0 amide bonds. The molecule has 0 aliphatic carbocycles. The van der Waals surface area contributed by atoms with Crippen molar-refractivity contribution in [1.82, 2.24) is 10.2 Å². The Morgan fingerprint density at radius 1 is 1.25 bits per heavy atom. The van der Waals surface area contributed by atoms with Gasteiger partial charge in [-0.3, -0.25) is 0 Å². The van der Waals surface area contributed by atoms with Crippen LogP contribution in [0, 0.1) is 0 Å². The van der Waals surface area contributed by atoms with Gasteiger partial charge in [0.05, 0.1) is 18.0 Å². The van der Waals surface area contributed by atoms with E-state index in [4.69, 9.17) is 21.5 Å². The molecule has 0 unspecified atom stereocenters. The first-order valence-corrected chi connectivity index (χ1v) is 10.7. The predicted molar refractivity (Wildman–Crippen MR) is 112 cm³/mol. The van der Waals surface area contributed by atoms with Crippen molar-refractivity contribution in [2.45, 2.75) is 18.4 Å². The Morgan fingerprint density at radius 3 is 2.61 bits per heavy atom. The van der Waals surface area contributed by atoms with E-state index >= 15 is 0 Å². The minimum Gasteiger partial charge on any atom is -0.492 e. The van der Waals surface area contributed by atoms with Gasteiger partial charge in [0.2, 0.25) is 10.0 Å². The number of sulfonamides is 1. The Morgan fingerprint density at radius 2 is 1.96 bits per heavy atom. The van der Waals surface area contributed by atoms with Crippen molar-refractivity contribution in [2.75, 3.05) is 26.7 Å². The number of nitrogens with two attached hydrogens (primary N) is 1. The largest absolute Gasteiger partial charge is 0.492 e. The summed E-state index contributed by atoms with van der Waals surface area (Å²) in [7, 11) is -1.82. The van der Waals surface area contributed by atoms with Gasteiger partial charge >= 0.3 is 0 Å². The zero-order valence-corrected chi connectivity index (χ0v) is 17.5. The van der Waals surface area contributed by atoms with Gasteiger partial charge in [0.25, 0.3) is 0 Å². The third kappa shape index (κ3) is 7.03. The molecule has 0 aliphatic heterocycles. The molecule has 0 saturated carbocycles. The molecule has 0 aromatic heterocycles. The number of nitrogens with one attached hydrogen (secondary N) is 1. The molecule has 2 rings (SSSR count). The highest BCUT2D eigenvalue weighted by Crippen LogP contribution is 2.15. The molecule has 7 nitrogen and oxygen atoms in total. The van der Waals surface area contributed by atoms with Crippen molar-refractivity contribution in [1.29, 1.82) is 0 Å². The third-order valence-electron chi connectivity index (χ3n) is 3.84. The number of nitrogens with zero attached hydrogens (tertiary/aromatic N) is 2. The number of rotatable bonds is 8. The van der Waals surface area contributed by atoms with Gasteiger partial charge in [-0.05, 0) is 48.9 Å². The van der Waals surface area contributed by atoms with Crippen LogP contribution < -0.4 is 15.2 Å². The molecule has 0 fully saturated rings. The number of primary sulfonamides is 1. The minimum atomic E-state index is -3.73. The quantitative estimate of drug-likeness (QED) is 0.501. The highest BCUT2D eigenvalue weighted by Gasteiger charge is 2.09. The van der Waals surface area contributed by atoms with Crippen LogP contribution in [0.5, 0.6) is 5.75 Å². The highest BCUT2D eigenvalue weighted by molar-refractivity contribution is 7.89. The van der Waals surface area contributed by atoms with Crippen LogP contribution in [0.1, 0.15) is 12.5 Å². The maximum atomic E-state index is 11.5. The lowest BCUT2D eigenvalue weighted by Crippen LogP contribution is -2.40. The standard InChI is InChI=1S/C19H25ClN4O3S/c1-3-22-19(23-14-15-5-4-6-18(13-15)28(21,25)26)24(2)11-12-27-17-9-7-16(20)8-10-17/h4-10,13H,3,11-12,14H2,1-2H3,(H,22,23)(H2,21,25,26). The Bertz CT molecular complexity index is 902. The van der Waals surface area contributed by atoms with Gasteiger partial charge < -0.3 is 15.0 Å². The first kappa shape index (κ1) is 22.0. The van der Waals surface area contributed by atoms with Crippen LogP contribution in [0.25, 0.3) is 0 Å². The molecule has 2 aromatic rings. The van der Waals surface area contributed by atoms with Crippen molar-refractivity contribution in [3.63, 3.8) is 0 Å². The molecule has 0 saturated heterocycles. The lowest BCUT2D eigenvalue weighted by Gasteiger charge is -2.22. The molecule has 9 heteroatoms. The summed E-state index contributed by atoms with van der Waals surface area (Å²) in [6.07, 6.45) is 0. The molecule has 3 N–H and O–H groups in total. The van der Waals surface area contributed by atoms with Crippen LogP contribution in [0.3, 0.4) is 0 Å². The minimum absolute atomic E-state index is 0.0786. The molecule has 0 spiro atoms. The van der Waals surface area contributed by atoms with Gasteiger partial charge in [0.1, 0.15) is 12.4 Å². The zero-order chi connectivity index (χ0) is 20.6. The van der Waals surface area contributed by atoms with E-state index in [9.17, 15) is 8.42 Å². The number of aliphatic imine (C=N–C) groups is 1. The second-order valence-corrected chi connectivity index (χ2v) is 8.08. The Kier molecular flexibility index (Phi) is 8.10. The number of guanidine groups is 1. The average Bonchev–Trinajstić information content (AvgIpc) is 2.66. The lowest BCUT2D eigenvalue weighted by molar-refractivity contribution is 0.281. The zero-order valence-electron chi connectivity index (χ0n) is 15.9. The van der Waals surface area contributed by atoms with Gasteiger partial charge in [-0.1, -0.05) is 23.7 Å². The summed E-state index contributed by atoms with van der Waals surface area (Å²) in [4.78, 5) is 6.59. The molecule has 28 heavy (non-hydrogen) atoms. The average molecular weight is 425 g/mol. The maximum Gasteiger partial charge on any atom is 0.238 e. The van der Waals surface area contributed by atoms with Crippen LogP contribution in [0.4, 0.5) is 0 Å². The first-order valence-electron chi connectivity index (χ1n) is 8.79. The van der Waals surface area contributed by atoms with E-state index in [0.717, 1.165) is 11.3 Å². The summed E-state index contributed by atoms with van der Waals surface area (Å²) >= 11 is 5.86. The molecule has 0 atom stereocenters. The van der Waals surface area contributed by atoms with E-state index in [-0.39, 0.29) is 4.90 Å². The fourth-order valence-electron chi connectivity index (χ4n) is 2.39. The number of ether oxygens (including phenoxy) is 1. The summed E-state index contributed by atoms with van der Waals surface area (Å²) in [5.74, 6) is 1.45. The van der Waals surface area contributed by atoms with Crippen LogP contribution in [-0.4, -0.2) is 46.0 Å². The van der Waals surface area contributed by atoms with Crippen LogP contribution >= 0.6 is 11.6 Å². The molecule has 0 aliphatic rings. The second kappa shape index (κ2) is 10.3. The van der Waals surface area contributed by atoms with E-state index in [1.165, 1.54) is 12.1 Å². The summed E-state index contributed by atoms with van der Waals surface area (Å²) in [5, 5.41) is 9.06. The SMILES string of the molecule is CCNC(=NCc1cccc(S(N)(=O)=O)c1)N(C)CCOc1ccc(Cl)cc1. The molecule has 0 heterocycles. The van der Waals surface area contributed by atoms with Gasteiger partial charge in [0, 0.05) is 18.6 Å². The van der Waals surface area contributed by atoms with Crippen molar-refractivity contribution in [3.8, 4) is 5.75 Å². The van der Waals surface area contributed by atoms with E-state index in [1.54, 1.807) is 18.2 Å². The van der Waals surface area contributed by atoms with Crippen LogP contribution in [0.15, 0.2) is 58.4 Å². The van der Waals surface area contributed by atoms with Crippen molar-refractivity contribution < 1.29 is 13.2 Å². The summed E-state index contributed by atoms with van der Waals surface area (Å²) in [6.45, 7) is 4.11. The number of hydrogen-bond donors (Lipinski definition) is 2. The van der Waals surface area contributed by atoms with Gasteiger partial charge in [-0.15, -0.1) is 0 Å². The first-order chi connectivity index (χ1) is 13.3. The number of hydrogen-bond acceptors (Lipinski definition) is 4. The Balaban J connectivity index is 1.97. The third-order valence-corrected chi connectivity index (χ3v) is 5.01. The van der Waals surface area contributed by atoms with Crippen molar-refractivity contribution in [2.24, 2.45) is 10.1 Å². The second-order valence-electron chi connectivity index (χ2n) is 6.09. The smallest absolute Gasteiger partial charge is 0.238 e. The monoisotopic (exact) mass is 424 g/mol. The van der Waals surface area contributed by atoms with Gasteiger partial charge in [-0.2, -0.15) is 0 Å². The molecular formula is C19H25ClN4O3S. The molecular weight excluding hydrogens is 400 g/mol. The Hall–Kier alpha value is -2.29. The Labute approximate surface area is 171 Å². The van der Waals surface area contributed by atoms with E-state index in [1.807, 2.05) is 37.1 Å². The fraction of sp³-hybridized carbons (Fsp3) is 0.316. The van der Waals surface area contributed by atoms with Crippen LogP contribution in [0.2, 0.25) is 5.02 Å². The molecule has 2 aromatic carbocycles. The molecule has 152 valence electrons. The van der Waals surface area contributed by atoms with E-state index in [0.29, 0.717) is 37.2 Å². The number of benzene rings is 2. The van der Waals surface area contributed by atoms with Gasteiger partial charge in [0.15, 0.2) is 5.96 Å². The topological polar surface area (TPSA) is 97.0 Å². The maximum absolute atomic E-state index is 11.5. The number of halogens is 1. The fourth-order valence-corrected chi connectivity index (χ4v) is 3.10. The van der Waals surface area contributed by atoms with Gasteiger partial charge in [-0.25, -0.2) is 18.5 Å². The predicted octanol–water partition coefficient (Wildman–Crippen LogP) is 2.46. The number of likely N-dealkylation sites (N-methyl/N-ethyl adjacent to an activating group) is 1. The lowest BCUT2D eigenvalue weighted by atomic mass is 10.2. The van der Waals surface area contributed by atoms with Crippen LogP contribution in [-0.2, 0) is 16.6 Å². The summed E-state index contributed by atoms with van der Waals surface area (Å²) in [6, 6.07) is 13.7. The normalized spacial score (nSPS) is 11.9. The van der Waals surface area contributed by atoms with E-state index in [2.05, 4.69) is 10.3 Å². The molecule has 0 radical (unpaired) electrons. The van der Waals surface area contributed by atoms with Crippen molar-refractivity contribution >= 4 is 27.6 Å². The van der Waals surface area contributed by atoms with Crippen molar-refractivity contribution in [3.05, 3.63) is 59.1 Å². The molecule has 0 bridgehead atoms. The summed E-state index contributed by atoms with van der Waals surface area (Å²) in [5.41, 5.74) is 0.757. The summed E-state index contributed by atoms with van der Waals surface area (Å²) < 4.78 is 28.7.